The zero-order valence-corrected chi connectivity index (χ0v) is 16.7. The molecular weight excluding hydrogens is 340 g/mol. The maximum atomic E-state index is 13.3. The average Bonchev–Trinajstić information content (AvgIpc) is 2.98. The first-order valence-electron chi connectivity index (χ1n) is 10.2. The fourth-order valence-corrected chi connectivity index (χ4v) is 4.36. The third-order valence-electron chi connectivity index (χ3n) is 5.65. The van der Waals surface area contributed by atoms with Gasteiger partial charge in [-0.1, -0.05) is 57.5 Å². The molecule has 27 heavy (non-hydrogen) atoms. The molecule has 3 atom stereocenters. The van der Waals surface area contributed by atoms with Crippen molar-refractivity contribution in [3.63, 3.8) is 0 Å². The van der Waals surface area contributed by atoms with Crippen molar-refractivity contribution < 1.29 is 14.3 Å². The Morgan fingerprint density at radius 3 is 2.70 bits per heavy atom. The third-order valence-corrected chi connectivity index (χ3v) is 5.65. The van der Waals surface area contributed by atoms with Crippen molar-refractivity contribution in [3.05, 3.63) is 35.9 Å². The summed E-state index contributed by atoms with van der Waals surface area (Å²) in [5, 5.41) is 2.99. The highest BCUT2D eigenvalue weighted by Gasteiger charge is 2.53. The van der Waals surface area contributed by atoms with E-state index in [1.54, 1.807) is 4.90 Å². The lowest BCUT2D eigenvalue weighted by atomic mass is 9.83. The van der Waals surface area contributed by atoms with E-state index in [-0.39, 0.29) is 18.4 Å². The quantitative estimate of drug-likeness (QED) is 0.864. The van der Waals surface area contributed by atoms with Crippen LogP contribution in [-0.4, -0.2) is 41.6 Å². The molecule has 5 heteroatoms. The van der Waals surface area contributed by atoms with Crippen LogP contribution in [0.5, 0.6) is 0 Å². The molecule has 1 aromatic carbocycles. The summed E-state index contributed by atoms with van der Waals surface area (Å²) in [5.74, 6) is 0.745. The first-order chi connectivity index (χ1) is 12.9. The van der Waals surface area contributed by atoms with Gasteiger partial charge in [-0.2, -0.15) is 0 Å². The molecule has 1 spiro atoms. The Morgan fingerprint density at radius 1 is 1.30 bits per heavy atom. The Bertz CT molecular complexity index is 661. The van der Waals surface area contributed by atoms with E-state index in [0.717, 1.165) is 31.2 Å². The van der Waals surface area contributed by atoms with Crippen LogP contribution in [-0.2, 0) is 20.7 Å². The molecule has 0 radical (unpaired) electrons. The third kappa shape index (κ3) is 4.52. The minimum absolute atomic E-state index is 0.0162. The van der Waals surface area contributed by atoms with E-state index in [2.05, 4.69) is 26.1 Å². The molecule has 0 bridgehead atoms. The minimum Gasteiger partial charge on any atom is -0.354 e. The number of nitrogens with one attached hydrogen (secondary N) is 1. The maximum Gasteiger partial charge on any atom is 0.245 e. The summed E-state index contributed by atoms with van der Waals surface area (Å²) < 4.78 is 6.21. The van der Waals surface area contributed by atoms with E-state index in [0.29, 0.717) is 24.8 Å². The normalized spacial score (nSPS) is 27.9. The largest absolute Gasteiger partial charge is 0.354 e. The molecule has 1 aliphatic carbocycles. The molecule has 1 saturated heterocycles. The van der Waals surface area contributed by atoms with Crippen molar-refractivity contribution in [2.45, 2.75) is 64.6 Å². The molecular formula is C22H32N2O3. The van der Waals surface area contributed by atoms with Gasteiger partial charge in [0.2, 0.25) is 11.8 Å². The van der Waals surface area contributed by atoms with E-state index >= 15 is 0 Å². The van der Waals surface area contributed by atoms with E-state index in [1.165, 1.54) is 0 Å². The van der Waals surface area contributed by atoms with Crippen molar-refractivity contribution in [1.82, 2.24) is 10.2 Å². The van der Waals surface area contributed by atoms with Crippen LogP contribution in [0, 0.1) is 11.8 Å². The number of rotatable bonds is 5. The number of nitrogens with zero attached hydrogens (tertiary/aromatic N) is 1. The number of amides is 2. The Morgan fingerprint density at radius 2 is 2.04 bits per heavy atom. The van der Waals surface area contributed by atoms with Crippen LogP contribution < -0.4 is 5.32 Å². The van der Waals surface area contributed by atoms with Crippen LogP contribution >= 0.6 is 0 Å². The van der Waals surface area contributed by atoms with Gasteiger partial charge in [-0.15, -0.1) is 0 Å². The number of carbonyl (C=O) groups is 2. The molecule has 1 N–H and O–H groups in total. The van der Waals surface area contributed by atoms with Gasteiger partial charge in [-0.25, -0.2) is 0 Å². The van der Waals surface area contributed by atoms with E-state index in [4.69, 9.17) is 4.74 Å². The van der Waals surface area contributed by atoms with Crippen molar-refractivity contribution in [3.8, 4) is 0 Å². The number of hydrogen-bond donors (Lipinski definition) is 1. The van der Waals surface area contributed by atoms with Crippen molar-refractivity contribution in [1.29, 1.82) is 0 Å². The number of carbonyl (C=O) groups excluding carboxylic acids is 2. The van der Waals surface area contributed by atoms with E-state index in [9.17, 15) is 9.59 Å². The standard InChI is InChI=1S/C22H32N2O3/c1-16(2)14-23-21(26)19-15-27-22(11-7-8-17(3)13-22)24(19)20(25)12-18-9-5-4-6-10-18/h4-6,9-10,16-17,19H,7-8,11-15H2,1-3H3,(H,23,26)/t17-,19+,22+/m1/s1. The summed E-state index contributed by atoms with van der Waals surface area (Å²) in [6.45, 7) is 7.23. The van der Waals surface area contributed by atoms with Crippen LogP contribution in [0.25, 0.3) is 0 Å². The Hall–Kier alpha value is -1.88. The smallest absolute Gasteiger partial charge is 0.245 e. The zero-order chi connectivity index (χ0) is 19.4. The summed E-state index contributed by atoms with van der Waals surface area (Å²) in [6, 6.07) is 9.20. The molecule has 1 aliphatic heterocycles. The Kier molecular flexibility index (Phi) is 6.20. The molecule has 3 rings (SSSR count). The van der Waals surface area contributed by atoms with Crippen molar-refractivity contribution >= 4 is 11.8 Å². The van der Waals surface area contributed by atoms with Gasteiger partial charge < -0.3 is 10.1 Å². The van der Waals surface area contributed by atoms with Crippen LogP contribution in [0.4, 0.5) is 0 Å². The molecule has 0 aromatic heterocycles. The van der Waals surface area contributed by atoms with Gasteiger partial charge in [-0.3, -0.25) is 14.5 Å². The highest BCUT2D eigenvalue weighted by Crippen LogP contribution is 2.43. The maximum absolute atomic E-state index is 13.3. The molecule has 148 valence electrons. The summed E-state index contributed by atoms with van der Waals surface area (Å²) >= 11 is 0. The first kappa shape index (κ1) is 19.9. The second-order valence-corrected chi connectivity index (χ2v) is 8.54. The fraction of sp³-hybridized carbons (Fsp3) is 0.636. The van der Waals surface area contributed by atoms with Gasteiger partial charge in [0, 0.05) is 6.54 Å². The summed E-state index contributed by atoms with van der Waals surface area (Å²) in [5.41, 5.74) is 0.346. The van der Waals surface area contributed by atoms with Gasteiger partial charge in [0.05, 0.1) is 13.0 Å². The zero-order valence-electron chi connectivity index (χ0n) is 16.7. The topological polar surface area (TPSA) is 58.6 Å². The molecule has 1 aromatic rings. The first-order valence-corrected chi connectivity index (χ1v) is 10.2. The predicted molar refractivity (Wildman–Crippen MR) is 105 cm³/mol. The van der Waals surface area contributed by atoms with Gasteiger partial charge in [0.1, 0.15) is 11.8 Å². The van der Waals surface area contributed by atoms with Gasteiger partial charge in [0.25, 0.3) is 0 Å². The van der Waals surface area contributed by atoms with Crippen molar-refractivity contribution in [2.75, 3.05) is 13.2 Å². The molecule has 1 saturated carbocycles. The van der Waals surface area contributed by atoms with Crippen LogP contribution in [0.2, 0.25) is 0 Å². The molecule has 2 fully saturated rings. The monoisotopic (exact) mass is 372 g/mol. The molecule has 5 nitrogen and oxygen atoms in total. The molecule has 2 amide bonds. The lowest BCUT2D eigenvalue weighted by molar-refractivity contribution is -0.162. The van der Waals surface area contributed by atoms with E-state index in [1.807, 2.05) is 30.3 Å². The summed E-state index contributed by atoms with van der Waals surface area (Å²) in [6.07, 6.45) is 4.09. The molecule has 2 aliphatic rings. The lowest BCUT2D eigenvalue weighted by Gasteiger charge is -2.43. The van der Waals surface area contributed by atoms with Crippen LogP contribution in [0.1, 0.15) is 52.0 Å². The number of hydrogen-bond acceptors (Lipinski definition) is 3. The highest BCUT2D eigenvalue weighted by atomic mass is 16.5. The fourth-order valence-electron chi connectivity index (χ4n) is 4.36. The molecule has 0 unspecified atom stereocenters. The van der Waals surface area contributed by atoms with E-state index < -0.39 is 11.8 Å². The predicted octanol–water partition coefficient (Wildman–Crippen LogP) is 3.14. The van der Waals surface area contributed by atoms with Gasteiger partial charge in [-0.05, 0) is 36.7 Å². The lowest BCUT2D eigenvalue weighted by Crippen LogP contribution is -2.57. The van der Waals surface area contributed by atoms with Crippen LogP contribution in [0.15, 0.2) is 30.3 Å². The number of ether oxygens (including phenoxy) is 1. The minimum atomic E-state index is -0.622. The average molecular weight is 373 g/mol. The van der Waals surface area contributed by atoms with Gasteiger partial charge in [0.15, 0.2) is 0 Å². The summed E-state index contributed by atoms with van der Waals surface area (Å²) in [7, 11) is 0. The van der Waals surface area contributed by atoms with Crippen LogP contribution in [0.3, 0.4) is 0 Å². The summed E-state index contributed by atoms with van der Waals surface area (Å²) in [4.78, 5) is 27.9. The Labute approximate surface area is 162 Å². The number of benzene rings is 1. The van der Waals surface area contributed by atoms with Crippen molar-refractivity contribution in [2.24, 2.45) is 11.8 Å². The molecule has 1 heterocycles. The SMILES string of the molecule is CC(C)CNC(=O)[C@@H]1CO[C@]2(CCC[C@@H](C)C2)N1C(=O)Cc1ccccc1. The Balaban J connectivity index is 1.82. The van der Waals surface area contributed by atoms with Gasteiger partial charge >= 0.3 is 0 Å². The highest BCUT2D eigenvalue weighted by molar-refractivity contribution is 5.89. The second-order valence-electron chi connectivity index (χ2n) is 8.54. The second kappa shape index (κ2) is 8.42.